The van der Waals surface area contributed by atoms with E-state index in [2.05, 4.69) is 16.5 Å². The second-order valence-corrected chi connectivity index (χ2v) is 3.93. The molecular weight excluding hydrogens is 228 g/mol. The van der Waals surface area contributed by atoms with Crippen LogP contribution in [0.1, 0.15) is 11.3 Å². The molecule has 0 aliphatic heterocycles. The zero-order valence-electron chi connectivity index (χ0n) is 10.6. The van der Waals surface area contributed by atoms with E-state index in [0.29, 0.717) is 5.75 Å². The SMILES string of the molecule is C=C(Cc1cnc[nH]1)c1ccc(OC)c(OC)c1. The minimum Gasteiger partial charge on any atom is -0.493 e. The number of rotatable bonds is 5. The molecule has 0 radical (unpaired) electrons. The maximum Gasteiger partial charge on any atom is 0.161 e. The van der Waals surface area contributed by atoms with Gasteiger partial charge in [0, 0.05) is 18.3 Å². The van der Waals surface area contributed by atoms with Crippen LogP contribution in [0.15, 0.2) is 37.3 Å². The Morgan fingerprint density at radius 3 is 2.67 bits per heavy atom. The number of allylic oxidation sites excluding steroid dienone is 1. The van der Waals surface area contributed by atoms with Crippen molar-refractivity contribution in [2.24, 2.45) is 0 Å². The topological polar surface area (TPSA) is 47.1 Å². The average Bonchev–Trinajstić information content (AvgIpc) is 2.90. The highest BCUT2D eigenvalue weighted by Crippen LogP contribution is 2.30. The van der Waals surface area contributed by atoms with Gasteiger partial charge in [-0.15, -0.1) is 0 Å². The number of benzene rings is 1. The number of nitrogens with one attached hydrogen (secondary N) is 1. The summed E-state index contributed by atoms with van der Waals surface area (Å²) in [6.45, 7) is 4.09. The van der Waals surface area contributed by atoms with Crippen molar-refractivity contribution in [3.63, 3.8) is 0 Å². The second-order valence-electron chi connectivity index (χ2n) is 3.93. The Morgan fingerprint density at radius 2 is 2.06 bits per heavy atom. The third-order valence-electron chi connectivity index (χ3n) is 2.75. The summed E-state index contributed by atoms with van der Waals surface area (Å²) in [7, 11) is 3.25. The summed E-state index contributed by atoms with van der Waals surface area (Å²) in [4.78, 5) is 7.05. The third kappa shape index (κ3) is 2.53. The quantitative estimate of drug-likeness (QED) is 0.879. The fourth-order valence-electron chi connectivity index (χ4n) is 1.77. The lowest BCUT2D eigenvalue weighted by Crippen LogP contribution is -1.94. The average molecular weight is 244 g/mol. The number of H-pyrrole nitrogens is 1. The Morgan fingerprint density at radius 1 is 1.28 bits per heavy atom. The molecule has 0 aliphatic carbocycles. The van der Waals surface area contributed by atoms with Crippen LogP contribution in [-0.2, 0) is 6.42 Å². The van der Waals surface area contributed by atoms with Crippen LogP contribution in [0.5, 0.6) is 11.5 Å². The van der Waals surface area contributed by atoms with Gasteiger partial charge in [-0.3, -0.25) is 0 Å². The van der Waals surface area contributed by atoms with E-state index in [1.54, 1.807) is 26.7 Å². The molecule has 0 atom stereocenters. The summed E-state index contributed by atoms with van der Waals surface area (Å²) in [6, 6.07) is 5.78. The maximum atomic E-state index is 5.28. The molecule has 0 spiro atoms. The smallest absolute Gasteiger partial charge is 0.161 e. The van der Waals surface area contributed by atoms with Crippen LogP contribution in [0, 0.1) is 0 Å². The molecule has 0 saturated carbocycles. The predicted molar refractivity (Wildman–Crippen MR) is 70.9 cm³/mol. The van der Waals surface area contributed by atoms with Gasteiger partial charge in [0.25, 0.3) is 0 Å². The first-order valence-corrected chi connectivity index (χ1v) is 5.62. The van der Waals surface area contributed by atoms with Crippen LogP contribution in [0.3, 0.4) is 0 Å². The van der Waals surface area contributed by atoms with Crippen LogP contribution < -0.4 is 9.47 Å². The molecule has 0 fully saturated rings. The Hall–Kier alpha value is -2.23. The summed E-state index contributed by atoms with van der Waals surface area (Å²) in [5.41, 5.74) is 3.07. The fraction of sp³-hybridized carbons (Fsp3) is 0.214. The Kier molecular flexibility index (Phi) is 3.67. The van der Waals surface area contributed by atoms with Gasteiger partial charge >= 0.3 is 0 Å². The molecule has 4 nitrogen and oxygen atoms in total. The molecule has 2 aromatic rings. The Bertz CT molecular complexity index is 533. The van der Waals surface area contributed by atoms with Gasteiger partial charge in [0.05, 0.1) is 20.5 Å². The lowest BCUT2D eigenvalue weighted by atomic mass is 10.0. The highest BCUT2D eigenvalue weighted by Gasteiger charge is 2.07. The van der Waals surface area contributed by atoms with Gasteiger partial charge in [-0.25, -0.2) is 4.98 Å². The van der Waals surface area contributed by atoms with Crippen LogP contribution in [0.25, 0.3) is 5.57 Å². The molecule has 0 saturated heterocycles. The molecule has 4 heteroatoms. The number of aromatic amines is 1. The number of imidazole rings is 1. The van der Waals surface area contributed by atoms with E-state index in [-0.39, 0.29) is 0 Å². The monoisotopic (exact) mass is 244 g/mol. The van der Waals surface area contributed by atoms with Crippen LogP contribution >= 0.6 is 0 Å². The number of methoxy groups -OCH3 is 2. The Labute approximate surface area is 106 Å². The van der Waals surface area contributed by atoms with Gasteiger partial charge in [0.1, 0.15) is 0 Å². The summed E-state index contributed by atoms with van der Waals surface area (Å²) in [5.74, 6) is 1.43. The first-order valence-electron chi connectivity index (χ1n) is 5.62. The van der Waals surface area contributed by atoms with Gasteiger partial charge in [-0.05, 0) is 23.3 Å². The fourth-order valence-corrected chi connectivity index (χ4v) is 1.77. The van der Waals surface area contributed by atoms with Gasteiger partial charge in [0.2, 0.25) is 0 Å². The van der Waals surface area contributed by atoms with Gasteiger partial charge in [-0.2, -0.15) is 0 Å². The largest absolute Gasteiger partial charge is 0.493 e. The molecule has 0 amide bonds. The van der Waals surface area contributed by atoms with Crippen molar-refractivity contribution in [1.29, 1.82) is 0 Å². The molecule has 18 heavy (non-hydrogen) atoms. The number of ether oxygens (including phenoxy) is 2. The zero-order valence-corrected chi connectivity index (χ0v) is 10.6. The molecule has 1 aromatic carbocycles. The molecule has 0 unspecified atom stereocenters. The molecule has 1 N–H and O–H groups in total. The standard InChI is InChI=1S/C14H16N2O2/c1-10(6-12-8-15-9-16-12)11-4-5-13(17-2)14(7-11)18-3/h4-5,7-9H,1,6H2,2-3H3,(H,15,16). The molecule has 2 rings (SSSR count). The van der Waals surface area contributed by atoms with Crippen LogP contribution in [-0.4, -0.2) is 24.2 Å². The lowest BCUT2D eigenvalue weighted by molar-refractivity contribution is 0.355. The van der Waals surface area contributed by atoms with E-state index >= 15 is 0 Å². The summed E-state index contributed by atoms with van der Waals surface area (Å²) in [6.07, 6.45) is 4.19. The van der Waals surface area contributed by atoms with Gasteiger partial charge in [0.15, 0.2) is 11.5 Å². The molecule has 94 valence electrons. The van der Waals surface area contributed by atoms with E-state index in [1.807, 2.05) is 18.2 Å². The summed E-state index contributed by atoms with van der Waals surface area (Å²) >= 11 is 0. The van der Waals surface area contributed by atoms with Crippen molar-refractivity contribution in [1.82, 2.24) is 9.97 Å². The number of nitrogens with zero attached hydrogens (tertiary/aromatic N) is 1. The first-order chi connectivity index (χ1) is 8.74. The third-order valence-corrected chi connectivity index (χ3v) is 2.75. The minimum atomic E-state index is 0.709. The van der Waals surface area contributed by atoms with Crippen molar-refractivity contribution in [2.75, 3.05) is 14.2 Å². The molecule has 0 aliphatic rings. The van der Waals surface area contributed by atoms with E-state index < -0.39 is 0 Å². The van der Waals surface area contributed by atoms with Crippen LogP contribution in [0.2, 0.25) is 0 Å². The highest BCUT2D eigenvalue weighted by atomic mass is 16.5. The van der Waals surface area contributed by atoms with E-state index in [0.717, 1.165) is 29.0 Å². The number of hydrogen-bond acceptors (Lipinski definition) is 3. The predicted octanol–water partition coefficient (Wildman–Crippen LogP) is 2.68. The Balaban J connectivity index is 2.20. The normalized spacial score (nSPS) is 10.1. The van der Waals surface area contributed by atoms with Crippen molar-refractivity contribution < 1.29 is 9.47 Å². The van der Waals surface area contributed by atoms with Gasteiger partial charge < -0.3 is 14.5 Å². The van der Waals surface area contributed by atoms with Crippen molar-refractivity contribution in [3.05, 3.63) is 48.6 Å². The number of hydrogen-bond donors (Lipinski definition) is 1. The highest BCUT2D eigenvalue weighted by molar-refractivity contribution is 5.67. The van der Waals surface area contributed by atoms with Crippen molar-refractivity contribution >= 4 is 5.57 Å². The minimum absolute atomic E-state index is 0.709. The van der Waals surface area contributed by atoms with E-state index in [9.17, 15) is 0 Å². The molecular formula is C14H16N2O2. The van der Waals surface area contributed by atoms with Crippen molar-refractivity contribution in [2.45, 2.75) is 6.42 Å². The molecule has 0 bridgehead atoms. The van der Waals surface area contributed by atoms with Crippen molar-refractivity contribution in [3.8, 4) is 11.5 Å². The number of aromatic nitrogens is 2. The second kappa shape index (κ2) is 5.40. The van der Waals surface area contributed by atoms with Crippen LogP contribution in [0.4, 0.5) is 0 Å². The van der Waals surface area contributed by atoms with Gasteiger partial charge in [-0.1, -0.05) is 12.6 Å². The maximum absolute atomic E-state index is 5.28. The van der Waals surface area contributed by atoms with E-state index in [4.69, 9.17) is 9.47 Å². The zero-order chi connectivity index (χ0) is 13.0. The summed E-state index contributed by atoms with van der Waals surface area (Å²) in [5, 5.41) is 0. The van der Waals surface area contributed by atoms with E-state index in [1.165, 1.54) is 0 Å². The lowest BCUT2D eigenvalue weighted by Gasteiger charge is -2.10. The summed E-state index contributed by atoms with van der Waals surface area (Å²) < 4.78 is 10.5. The molecule has 1 aromatic heterocycles. The molecule has 1 heterocycles. The first kappa shape index (κ1) is 12.2.